The first kappa shape index (κ1) is 13.2. The summed E-state index contributed by atoms with van der Waals surface area (Å²) in [6.07, 6.45) is -0.407. The molecule has 0 saturated heterocycles. The number of rotatable bonds is 4. The summed E-state index contributed by atoms with van der Waals surface area (Å²) in [7, 11) is 0. The van der Waals surface area contributed by atoms with E-state index in [1.54, 1.807) is 11.8 Å². The van der Waals surface area contributed by atoms with Crippen LogP contribution in [0.3, 0.4) is 0 Å². The van der Waals surface area contributed by atoms with Crippen molar-refractivity contribution in [2.45, 2.75) is 24.8 Å². The zero-order valence-corrected chi connectivity index (χ0v) is 11.6. The quantitative estimate of drug-likeness (QED) is 0.832. The van der Waals surface area contributed by atoms with Gasteiger partial charge in [-0.25, -0.2) is 0 Å². The maximum atomic E-state index is 10.3. The number of aliphatic hydroxyl groups excluding tert-OH is 1. The highest BCUT2D eigenvalue weighted by molar-refractivity contribution is 7.99. The Balaban J connectivity index is 2.04. The van der Waals surface area contributed by atoms with Gasteiger partial charge in [0, 0.05) is 10.6 Å². The van der Waals surface area contributed by atoms with Crippen LogP contribution in [-0.2, 0) is 0 Å². The lowest BCUT2D eigenvalue weighted by atomic mass is 10.0. The van der Waals surface area contributed by atoms with Crippen molar-refractivity contribution in [3.05, 3.63) is 65.2 Å². The molecule has 2 aromatic rings. The molecule has 0 heterocycles. The summed E-state index contributed by atoms with van der Waals surface area (Å²) in [5.74, 6) is 0.689. The van der Waals surface area contributed by atoms with Crippen LogP contribution < -0.4 is 0 Å². The first-order chi connectivity index (χ1) is 8.68. The predicted molar refractivity (Wildman–Crippen MR) is 78.0 cm³/mol. The average Bonchev–Trinajstić information content (AvgIpc) is 2.40. The Morgan fingerprint density at radius 2 is 1.72 bits per heavy atom. The molecular formula is C16H18OS. The van der Waals surface area contributed by atoms with E-state index in [1.807, 2.05) is 30.3 Å². The van der Waals surface area contributed by atoms with E-state index in [2.05, 4.69) is 32.0 Å². The fourth-order valence-electron chi connectivity index (χ4n) is 1.92. The third-order valence-corrected chi connectivity index (χ3v) is 4.24. The molecule has 1 nitrogen and oxygen atoms in total. The largest absolute Gasteiger partial charge is 0.388 e. The molecule has 2 rings (SSSR count). The van der Waals surface area contributed by atoms with Gasteiger partial charge in [0.2, 0.25) is 0 Å². The Kier molecular flexibility index (Phi) is 4.45. The van der Waals surface area contributed by atoms with Crippen molar-refractivity contribution in [2.24, 2.45) is 0 Å². The van der Waals surface area contributed by atoms with Crippen LogP contribution in [0.4, 0.5) is 0 Å². The molecule has 0 bridgehead atoms. The second-order valence-electron chi connectivity index (χ2n) is 4.43. The summed E-state index contributed by atoms with van der Waals surface area (Å²) in [5.41, 5.74) is 3.47. The molecule has 94 valence electrons. The van der Waals surface area contributed by atoms with Gasteiger partial charge in [-0.3, -0.25) is 0 Å². The van der Waals surface area contributed by atoms with Crippen LogP contribution in [0, 0.1) is 13.8 Å². The molecule has 0 amide bonds. The van der Waals surface area contributed by atoms with Gasteiger partial charge >= 0.3 is 0 Å². The minimum Gasteiger partial charge on any atom is -0.388 e. The molecule has 18 heavy (non-hydrogen) atoms. The van der Waals surface area contributed by atoms with Gasteiger partial charge in [0.1, 0.15) is 0 Å². The summed E-state index contributed by atoms with van der Waals surface area (Å²) >= 11 is 1.69. The first-order valence-electron chi connectivity index (χ1n) is 6.10. The first-order valence-corrected chi connectivity index (χ1v) is 7.09. The van der Waals surface area contributed by atoms with Crippen molar-refractivity contribution in [1.29, 1.82) is 0 Å². The predicted octanol–water partition coefficient (Wildman–Crippen LogP) is 4.13. The van der Waals surface area contributed by atoms with Crippen LogP contribution in [-0.4, -0.2) is 10.9 Å². The lowest BCUT2D eigenvalue weighted by Gasteiger charge is -2.15. The number of aryl methyl sites for hydroxylation is 1. The van der Waals surface area contributed by atoms with Gasteiger partial charge in [0.05, 0.1) is 6.10 Å². The van der Waals surface area contributed by atoms with E-state index in [1.165, 1.54) is 16.0 Å². The van der Waals surface area contributed by atoms with Gasteiger partial charge < -0.3 is 5.11 Å². The maximum absolute atomic E-state index is 10.3. The van der Waals surface area contributed by atoms with Crippen LogP contribution in [0.2, 0.25) is 0 Å². The summed E-state index contributed by atoms with van der Waals surface area (Å²) in [4.78, 5) is 1.20. The monoisotopic (exact) mass is 258 g/mol. The molecule has 0 spiro atoms. The number of hydrogen-bond donors (Lipinski definition) is 1. The molecule has 1 unspecified atom stereocenters. The highest BCUT2D eigenvalue weighted by Gasteiger charge is 2.11. The van der Waals surface area contributed by atoms with Gasteiger partial charge in [0.15, 0.2) is 0 Å². The normalized spacial score (nSPS) is 12.4. The standard InChI is InChI=1S/C16H18OS/c1-12-7-6-10-15(13(12)2)16(17)11-18-14-8-4-3-5-9-14/h3-10,16-17H,11H2,1-2H3. The molecular weight excluding hydrogens is 240 g/mol. The number of aliphatic hydroxyl groups is 1. The Hall–Kier alpha value is -1.25. The molecule has 0 aliphatic carbocycles. The lowest BCUT2D eigenvalue weighted by molar-refractivity contribution is 0.203. The fraction of sp³-hybridized carbons (Fsp3) is 0.250. The van der Waals surface area contributed by atoms with Crippen molar-refractivity contribution in [3.8, 4) is 0 Å². The third-order valence-electron chi connectivity index (χ3n) is 3.16. The molecule has 1 N–H and O–H groups in total. The Morgan fingerprint density at radius 1 is 1.00 bits per heavy atom. The van der Waals surface area contributed by atoms with Crippen molar-refractivity contribution in [1.82, 2.24) is 0 Å². The van der Waals surface area contributed by atoms with Crippen molar-refractivity contribution >= 4 is 11.8 Å². The molecule has 0 aliphatic rings. The summed E-state index contributed by atoms with van der Waals surface area (Å²) in [5, 5.41) is 10.3. The van der Waals surface area contributed by atoms with Gasteiger partial charge in [-0.1, -0.05) is 36.4 Å². The topological polar surface area (TPSA) is 20.2 Å². The molecule has 2 heteroatoms. The fourth-order valence-corrected chi connectivity index (χ4v) is 2.80. The van der Waals surface area contributed by atoms with Gasteiger partial charge in [-0.15, -0.1) is 11.8 Å². The van der Waals surface area contributed by atoms with Crippen LogP contribution in [0.1, 0.15) is 22.8 Å². The minimum atomic E-state index is -0.407. The van der Waals surface area contributed by atoms with E-state index in [9.17, 15) is 5.11 Å². The van der Waals surface area contributed by atoms with E-state index in [0.717, 1.165) is 5.56 Å². The average molecular weight is 258 g/mol. The second kappa shape index (κ2) is 6.07. The van der Waals surface area contributed by atoms with Crippen molar-refractivity contribution in [2.75, 3.05) is 5.75 Å². The van der Waals surface area contributed by atoms with Gasteiger partial charge in [-0.2, -0.15) is 0 Å². The minimum absolute atomic E-state index is 0.407. The summed E-state index contributed by atoms with van der Waals surface area (Å²) in [6, 6.07) is 16.3. The van der Waals surface area contributed by atoms with Crippen molar-refractivity contribution < 1.29 is 5.11 Å². The van der Waals surface area contributed by atoms with Crippen LogP contribution >= 0.6 is 11.8 Å². The number of thioether (sulfide) groups is 1. The Labute approximate surface area is 113 Å². The van der Waals surface area contributed by atoms with E-state index in [-0.39, 0.29) is 0 Å². The van der Waals surface area contributed by atoms with Gasteiger partial charge in [0.25, 0.3) is 0 Å². The second-order valence-corrected chi connectivity index (χ2v) is 5.52. The Bertz CT molecular complexity index is 508. The highest BCUT2D eigenvalue weighted by Crippen LogP contribution is 2.27. The molecule has 0 fully saturated rings. The van der Waals surface area contributed by atoms with Crippen LogP contribution in [0.15, 0.2) is 53.4 Å². The van der Waals surface area contributed by atoms with E-state index in [4.69, 9.17) is 0 Å². The van der Waals surface area contributed by atoms with E-state index < -0.39 is 6.10 Å². The number of benzene rings is 2. The van der Waals surface area contributed by atoms with Crippen molar-refractivity contribution in [3.63, 3.8) is 0 Å². The zero-order chi connectivity index (χ0) is 13.0. The molecule has 0 aromatic heterocycles. The maximum Gasteiger partial charge on any atom is 0.0886 e. The molecule has 0 radical (unpaired) electrons. The number of hydrogen-bond acceptors (Lipinski definition) is 2. The van der Waals surface area contributed by atoms with E-state index >= 15 is 0 Å². The van der Waals surface area contributed by atoms with E-state index in [0.29, 0.717) is 5.75 Å². The molecule has 0 aliphatic heterocycles. The summed E-state index contributed by atoms with van der Waals surface area (Å²) < 4.78 is 0. The Morgan fingerprint density at radius 3 is 2.44 bits per heavy atom. The summed E-state index contributed by atoms with van der Waals surface area (Å²) in [6.45, 7) is 4.15. The van der Waals surface area contributed by atoms with Crippen LogP contribution in [0.5, 0.6) is 0 Å². The molecule has 0 saturated carbocycles. The van der Waals surface area contributed by atoms with Crippen LogP contribution in [0.25, 0.3) is 0 Å². The zero-order valence-electron chi connectivity index (χ0n) is 10.8. The lowest BCUT2D eigenvalue weighted by Crippen LogP contribution is -2.03. The van der Waals surface area contributed by atoms with Gasteiger partial charge in [-0.05, 0) is 42.7 Å². The molecule has 1 atom stereocenters. The highest BCUT2D eigenvalue weighted by atomic mass is 32.2. The smallest absolute Gasteiger partial charge is 0.0886 e. The molecule has 2 aromatic carbocycles. The SMILES string of the molecule is Cc1cccc(C(O)CSc2ccccc2)c1C. The third kappa shape index (κ3) is 3.15.